The first kappa shape index (κ1) is 15.3. The Bertz CT molecular complexity index is 937. The number of aromatic nitrogens is 3. The third-order valence-electron chi connectivity index (χ3n) is 4.24. The lowest BCUT2D eigenvalue weighted by molar-refractivity contribution is -0.116. The smallest absolute Gasteiger partial charge is 0.226 e. The molecule has 2 N–H and O–H groups in total. The summed E-state index contributed by atoms with van der Waals surface area (Å²) in [6.07, 6.45) is 0.251. The SMILES string of the molecule is COc1cccc(C2CC(=O)Nc3n[nH]c(-c4ccc(F)cc4)c32)n1. The van der Waals surface area contributed by atoms with Crippen molar-refractivity contribution in [2.75, 3.05) is 12.4 Å². The number of nitrogens with zero attached hydrogens (tertiary/aromatic N) is 2. The molecular formula is C18H15FN4O2. The molecule has 0 radical (unpaired) electrons. The predicted octanol–water partition coefficient (Wildman–Crippen LogP) is 3.09. The number of methoxy groups -OCH3 is 1. The van der Waals surface area contributed by atoms with Crippen molar-refractivity contribution in [3.8, 4) is 17.1 Å². The molecule has 1 aliphatic rings. The summed E-state index contributed by atoms with van der Waals surface area (Å²) in [6, 6.07) is 11.6. The number of rotatable bonds is 3. The van der Waals surface area contributed by atoms with Crippen LogP contribution in [-0.2, 0) is 4.79 Å². The van der Waals surface area contributed by atoms with Crippen molar-refractivity contribution in [3.63, 3.8) is 0 Å². The quantitative estimate of drug-likeness (QED) is 0.769. The lowest BCUT2D eigenvalue weighted by Crippen LogP contribution is -2.24. The van der Waals surface area contributed by atoms with Crippen LogP contribution in [0.15, 0.2) is 42.5 Å². The van der Waals surface area contributed by atoms with Crippen LogP contribution in [0.1, 0.15) is 23.6 Å². The number of benzene rings is 1. The molecule has 1 amide bonds. The molecule has 0 fully saturated rings. The van der Waals surface area contributed by atoms with Gasteiger partial charge in [0, 0.05) is 29.5 Å². The van der Waals surface area contributed by atoms with Gasteiger partial charge in [0.2, 0.25) is 11.8 Å². The molecular weight excluding hydrogens is 323 g/mol. The van der Waals surface area contributed by atoms with Crippen molar-refractivity contribution in [3.05, 3.63) is 59.5 Å². The third kappa shape index (κ3) is 2.73. The monoisotopic (exact) mass is 338 g/mol. The fourth-order valence-electron chi connectivity index (χ4n) is 3.08. The summed E-state index contributed by atoms with van der Waals surface area (Å²) in [4.78, 5) is 16.6. The number of halogens is 1. The minimum atomic E-state index is -0.309. The van der Waals surface area contributed by atoms with Crippen LogP contribution in [0.3, 0.4) is 0 Å². The van der Waals surface area contributed by atoms with E-state index in [4.69, 9.17) is 4.74 Å². The van der Waals surface area contributed by atoms with E-state index in [-0.39, 0.29) is 24.1 Å². The standard InChI is InChI=1S/C18H15FN4O2/c1-25-15-4-2-3-13(20-15)12-9-14(24)21-18-16(12)17(22-23-18)10-5-7-11(19)8-6-10/h2-8,12H,9H2,1H3,(H2,21,22,23,24). The van der Waals surface area contributed by atoms with Crippen LogP contribution in [0.2, 0.25) is 0 Å². The number of fused-ring (bicyclic) bond motifs is 1. The zero-order chi connectivity index (χ0) is 17.4. The number of nitrogens with one attached hydrogen (secondary N) is 2. The lowest BCUT2D eigenvalue weighted by atomic mass is 9.87. The van der Waals surface area contributed by atoms with Gasteiger partial charge in [-0.15, -0.1) is 0 Å². The van der Waals surface area contributed by atoms with Crippen LogP contribution in [0, 0.1) is 5.82 Å². The van der Waals surface area contributed by atoms with Crippen LogP contribution in [0.5, 0.6) is 5.88 Å². The first-order chi connectivity index (χ1) is 12.2. The van der Waals surface area contributed by atoms with E-state index in [0.29, 0.717) is 11.7 Å². The number of carbonyl (C=O) groups is 1. The third-order valence-corrected chi connectivity index (χ3v) is 4.24. The Balaban J connectivity index is 1.85. The summed E-state index contributed by atoms with van der Waals surface area (Å²) in [7, 11) is 1.55. The minimum absolute atomic E-state index is 0.126. The number of aromatic amines is 1. The highest BCUT2D eigenvalue weighted by Gasteiger charge is 2.33. The molecule has 3 heterocycles. The molecule has 7 heteroatoms. The molecule has 0 saturated carbocycles. The molecule has 2 aromatic heterocycles. The highest BCUT2D eigenvalue weighted by molar-refractivity contribution is 5.95. The molecule has 0 aliphatic carbocycles. The van der Waals surface area contributed by atoms with Crippen molar-refractivity contribution < 1.29 is 13.9 Å². The number of H-pyrrole nitrogens is 1. The van der Waals surface area contributed by atoms with Crippen LogP contribution < -0.4 is 10.1 Å². The maximum atomic E-state index is 13.2. The van der Waals surface area contributed by atoms with Crippen molar-refractivity contribution in [1.29, 1.82) is 0 Å². The zero-order valence-electron chi connectivity index (χ0n) is 13.4. The summed E-state index contributed by atoms with van der Waals surface area (Å²) in [5, 5.41) is 9.94. The Morgan fingerprint density at radius 3 is 2.76 bits per heavy atom. The maximum absolute atomic E-state index is 13.2. The average Bonchev–Trinajstić information content (AvgIpc) is 3.05. The second-order valence-corrected chi connectivity index (χ2v) is 5.78. The van der Waals surface area contributed by atoms with Crippen molar-refractivity contribution in [2.24, 2.45) is 0 Å². The predicted molar refractivity (Wildman–Crippen MR) is 89.9 cm³/mol. The van der Waals surface area contributed by atoms with Gasteiger partial charge in [-0.25, -0.2) is 9.37 Å². The number of anilines is 1. The van der Waals surface area contributed by atoms with E-state index in [1.807, 2.05) is 12.1 Å². The topological polar surface area (TPSA) is 79.9 Å². The highest BCUT2D eigenvalue weighted by Crippen LogP contribution is 2.41. The summed E-state index contributed by atoms with van der Waals surface area (Å²) in [5.41, 5.74) is 3.09. The number of pyridine rings is 1. The summed E-state index contributed by atoms with van der Waals surface area (Å²) in [5.74, 6) is 0.260. The van der Waals surface area contributed by atoms with Crippen molar-refractivity contribution in [2.45, 2.75) is 12.3 Å². The van der Waals surface area contributed by atoms with Gasteiger partial charge in [-0.2, -0.15) is 5.10 Å². The number of amides is 1. The molecule has 6 nitrogen and oxygen atoms in total. The molecule has 1 aliphatic heterocycles. The molecule has 3 aromatic rings. The molecule has 0 bridgehead atoms. The summed E-state index contributed by atoms with van der Waals surface area (Å²) in [6.45, 7) is 0. The largest absolute Gasteiger partial charge is 0.481 e. The Morgan fingerprint density at radius 1 is 1.20 bits per heavy atom. The van der Waals surface area contributed by atoms with Crippen LogP contribution >= 0.6 is 0 Å². The fraction of sp³-hybridized carbons (Fsp3) is 0.167. The second-order valence-electron chi connectivity index (χ2n) is 5.78. The molecule has 1 unspecified atom stereocenters. The Hall–Kier alpha value is -3.22. The molecule has 4 rings (SSSR count). The van der Waals surface area contributed by atoms with E-state index < -0.39 is 0 Å². The minimum Gasteiger partial charge on any atom is -0.481 e. The summed E-state index contributed by atoms with van der Waals surface area (Å²) < 4.78 is 18.4. The van der Waals surface area contributed by atoms with Gasteiger partial charge >= 0.3 is 0 Å². The molecule has 0 spiro atoms. The van der Waals surface area contributed by atoms with E-state index >= 15 is 0 Å². The van der Waals surface area contributed by atoms with Gasteiger partial charge in [-0.05, 0) is 30.3 Å². The normalized spacial score (nSPS) is 16.2. The van der Waals surface area contributed by atoms with Gasteiger partial charge < -0.3 is 10.1 Å². The molecule has 1 aromatic carbocycles. The van der Waals surface area contributed by atoms with Gasteiger partial charge in [-0.1, -0.05) is 6.07 Å². The van der Waals surface area contributed by atoms with E-state index in [0.717, 1.165) is 22.5 Å². The van der Waals surface area contributed by atoms with Gasteiger partial charge in [-0.3, -0.25) is 9.89 Å². The Morgan fingerprint density at radius 2 is 2.00 bits per heavy atom. The zero-order valence-corrected chi connectivity index (χ0v) is 13.4. The van der Waals surface area contributed by atoms with Gasteiger partial charge in [0.1, 0.15) is 5.82 Å². The van der Waals surface area contributed by atoms with Gasteiger partial charge in [0.05, 0.1) is 18.5 Å². The van der Waals surface area contributed by atoms with E-state index in [1.54, 1.807) is 25.3 Å². The van der Waals surface area contributed by atoms with Crippen molar-refractivity contribution in [1.82, 2.24) is 15.2 Å². The van der Waals surface area contributed by atoms with Crippen LogP contribution in [0.25, 0.3) is 11.3 Å². The Kier molecular flexibility index (Phi) is 3.68. The molecule has 25 heavy (non-hydrogen) atoms. The molecule has 126 valence electrons. The van der Waals surface area contributed by atoms with Gasteiger partial charge in [0.15, 0.2) is 5.82 Å². The van der Waals surface area contributed by atoms with Crippen LogP contribution in [-0.4, -0.2) is 28.2 Å². The average molecular weight is 338 g/mol. The maximum Gasteiger partial charge on any atom is 0.226 e. The Labute approximate surface area is 143 Å². The number of hydrogen-bond donors (Lipinski definition) is 2. The fourth-order valence-corrected chi connectivity index (χ4v) is 3.08. The highest BCUT2D eigenvalue weighted by atomic mass is 19.1. The number of carbonyl (C=O) groups excluding carboxylic acids is 1. The van der Waals surface area contributed by atoms with Crippen LogP contribution in [0.4, 0.5) is 10.2 Å². The van der Waals surface area contributed by atoms with E-state index in [2.05, 4.69) is 20.5 Å². The van der Waals surface area contributed by atoms with Gasteiger partial charge in [0.25, 0.3) is 0 Å². The number of ether oxygens (including phenoxy) is 1. The second kappa shape index (κ2) is 6.01. The first-order valence-electron chi connectivity index (χ1n) is 7.80. The molecule has 0 saturated heterocycles. The number of hydrogen-bond acceptors (Lipinski definition) is 4. The summed E-state index contributed by atoms with van der Waals surface area (Å²) >= 11 is 0. The first-order valence-corrected chi connectivity index (χ1v) is 7.80. The van der Waals surface area contributed by atoms with E-state index in [1.165, 1.54) is 12.1 Å². The van der Waals surface area contributed by atoms with E-state index in [9.17, 15) is 9.18 Å². The lowest BCUT2D eigenvalue weighted by Gasteiger charge is -2.23. The van der Waals surface area contributed by atoms with Crippen molar-refractivity contribution >= 4 is 11.7 Å². The molecule has 1 atom stereocenters.